The minimum Gasteiger partial charge on any atom is -0.0613 e. The Hall–Kier alpha value is -0.300. The maximum Gasteiger partial charge on any atom is 0.0244 e. The molecule has 0 heterocycles. The molecule has 3 rings (SSSR count). The highest BCUT2D eigenvalue weighted by Gasteiger charge is 2.38. The van der Waals surface area contributed by atoms with Crippen LogP contribution in [0.5, 0.6) is 0 Å². The van der Waals surface area contributed by atoms with Crippen LogP contribution in [0.25, 0.3) is 0 Å². The summed E-state index contributed by atoms with van der Waals surface area (Å²) in [7, 11) is 0. The molecule has 2 atom stereocenters. The number of hydrogen-bond donors (Lipinski definition) is 0. The SMILES string of the molecule is CCc1ccc2c(c1Br)C1CCC2C1. The summed E-state index contributed by atoms with van der Waals surface area (Å²) in [5, 5.41) is 0. The van der Waals surface area contributed by atoms with Gasteiger partial charge in [0.2, 0.25) is 0 Å². The second-order valence-electron chi connectivity index (χ2n) is 4.60. The molecular formula is C13H15Br. The van der Waals surface area contributed by atoms with Crippen LogP contribution in [0, 0.1) is 0 Å². The van der Waals surface area contributed by atoms with Gasteiger partial charge in [0, 0.05) is 4.47 Å². The number of rotatable bonds is 1. The van der Waals surface area contributed by atoms with E-state index in [1.807, 2.05) is 0 Å². The molecule has 0 radical (unpaired) electrons. The first kappa shape index (κ1) is 8.96. The van der Waals surface area contributed by atoms with E-state index in [1.165, 1.54) is 29.3 Å². The Morgan fingerprint density at radius 3 is 2.86 bits per heavy atom. The summed E-state index contributed by atoms with van der Waals surface area (Å²) >= 11 is 3.79. The van der Waals surface area contributed by atoms with Crippen molar-refractivity contribution in [3.8, 4) is 0 Å². The molecule has 2 bridgehead atoms. The maximum absolute atomic E-state index is 3.79. The number of aryl methyl sites for hydroxylation is 1. The van der Waals surface area contributed by atoms with Crippen LogP contribution in [-0.2, 0) is 6.42 Å². The summed E-state index contributed by atoms with van der Waals surface area (Å²) in [6.07, 6.45) is 5.41. The van der Waals surface area contributed by atoms with Crippen molar-refractivity contribution < 1.29 is 0 Å². The van der Waals surface area contributed by atoms with E-state index in [4.69, 9.17) is 0 Å². The molecule has 0 aromatic heterocycles. The average molecular weight is 251 g/mol. The second kappa shape index (κ2) is 3.10. The molecule has 74 valence electrons. The summed E-state index contributed by atoms with van der Waals surface area (Å²) in [5.41, 5.74) is 4.78. The first-order valence-corrected chi connectivity index (χ1v) is 6.41. The van der Waals surface area contributed by atoms with E-state index in [0.29, 0.717) is 0 Å². The third-order valence-corrected chi connectivity index (χ3v) is 4.89. The highest BCUT2D eigenvalue weighted by Crippen LogP contribution is 2.55. The number of fused-ring (bicyclic) bond motifs is 5. The lowest BCUT2D eigenvalue weighted by Gasteiger charge is -2.18. The van der Waals surface area contributed by atoms with Crippen molar-refractivity contribution in [1.29, 1.82) is 0 Å². The Labute approximate surface area is 93.8 Å². The monoisotopic (exact) mass is 250 g/mol. The molecule has 2 aliphatic carbocycles. The van der Waals surface area contributed by atoms with Gasteiger partial charge < -0.3 is 0 Å². The van der Waals surface area contributed by atoms with Crippen LogP contribution >= 0.6 is 15.9 Å². The summed E-state index contributed by atoms with van der Waals surface area (Å²) in [6, 6.07) is 4.69. The van der Waals surface area contributed by atoms with Gasteiger partial charge >= 0.3 is 0 Å². The number of benzene rings is 1. The van der Waals surface area contributed by atoms with E-state index < -0.39 is 0 Å². The second-order valence-corrected chi connectivity index (χ2v) is 5.40. The number of halogens is 1. The summed E-state index contributed by atoms with van der Waals surface area (Å²) in [4.78, 5) is 0. The lowest BCUT2D eigenvalue weighted by molar-refractivity contribution is 0.713. The van der Waals surface area contributed by atoms with Crippen LogP contribution < -0.4 is 0 Å². The Bertz CT molecular complexity index is 381. The van der Waals surface area contributed by atoms with Crippen LogP contribution in [0.4, 0.5) is 0 Å². The predicted molar refractivity (Wildman–Crippen MR) is 62.9 cm³/mol. The lowest BCUT2D eigenvalue weighted by atomic mass is 9.90. The Balaban J connectivity index is 2.19. The van der Waals surface area contributed by atoms with Gasteiger partial charge in [-0.15, -0.1) is 0 Å². The summed E-state index contributed by atoms with van der Waals surface area (Å²) in [6.45, 7) is 2.24. The van der Waals surface area contributed by atoms with Crippen LogP contribution in [-0.4, -0.2) is 0 Å². The van der Waals surface area contributed by atoms with Gasteiger partial charge in [-0.25, -0.2) is 0 Å². The summed E-state index contributed by atoms with van der Waals surface area (Å²) < 4.78 is 1.42. The van der Waals surface area contributed by atoms with Gasteiger partial charge in [-0.1, -0.05) is 35.0 Å². The molecule has 0 spiro atoms. The molecule has 2 unspecified atom stereocenters. The van der Waals surface area contributed by atoms with Gasteiger partial charge in [-0.2, -0.15) is 0 Å². The zero-order valence-corrected chi connectivity index (χ0v) is 10.1. The molecule has 0 saturated heterocycles. The summed E-state index contributed by atoms with van der Waals surface area (Å²) in [5.74, 6) is 1.76. The highest BCUT2D eigenvalue weighted by molar-refractivity contribution is 9.10. The third-order valence-electron chi connectivity index (χ3n) is 3.96. The minimum atomic E-state index is 0.871. The van der Waals surface area contributed by atoms with Crippen LogP contribution in [0.1, 0.15) is 54.7 Å². The molecular weight excluding hydrogens is 236 g/mol. The molecule has 1 heteroatoms. The molecule has 1 aromatic carbocycles. The fourth-order valence-corrected chi connectivity index (χ4v) is 4.19. The quantitative estimate of drug-likeness (QED) is 0.695. The first-order valence-electron chi connectivity index (χ1n) is 5.62. The van der Waals surface area contributed by atoms with Gasteiger partial charge in [0.1, 0.15) is 0 Å². The zero-order chi connectivity index (χ0) is 9.71. The van der Waals surface area contributed by atoms with E-state index in [2.05, 4.69) is 35.0 Å². The normalized spacial score (nSPS) is 28.1. The van der Waals surface area contributed by atoms with E-state index in [-0.39, 0.29) is 0 Å². The zero-order valence-electron chi connectivity index (χ0n) is 8.52. The van der Waals surface area contributed by atoms with Crippen molar-refractivity contribution in [2.45, 2.75) is 44.4 Å². The molecule has 1 saturated carbocycles. The highest BCUT2D eigenvalue weighted by atomic mass is 79.9. The molecule has 1 aromatic rings. The van der Waals surface area contributed by atoms with Crippen molar-refractivity contribution in [1.82, 2.24) is 0 Å². The Kier molecular flexibility index (Phi) is 1.98. The Morgan fingerprint density at radius 1 is 1.29 bits per heavy atom. The molecule has 0 aliphatic heterocycles. The topological polar surface area (TPSA) is 0 Å². The van der Waals surface area contributed by atoms with Crippen molar-refractivity contribution in [2.75, 3.05) is 0 Å². The average Bonchev–Trinajstić information content (AvgIpc) is 2.78. The smallest absolute Gasteiger partial charge is 0.0244 e. The van der Waals surface area contributed by atoms with E-state index >= 15 is 0 Å². The van der Waals surface area contributed by atoms with Crippen molar-refractivity contribution in [3.63, 3.8) is 0 Å². The molecule has 1 fully saturated rings. The number of hydrogen-bond acceptors (Lipinski definition) is 0. The minimum absolute atomic E-state index is 0.871. The predicted octanol–water partition coefficient (Wildman–Crippen LogP) is 4.38. The first-order chi connectivity index (χ1) is 6.81. The van der Waals surface area contributed by atoms with Gasteiger partial charge in [-0.3, -0.25) is 0 Å². The molecule has 0 amide bonds. The van der Waals surface area contributed by atoms with Crippen LogP contribution in [0.15, 0.2) is 16.6 Å². The fraction of sp³-hybridized carbons (Fsp3) is 0.538. The molecule has 0 N–H and O–H groups in total. The Morgan fingerprint density at radius 2 is 2.07 bits per heavy atom. The molecule has 0 nitrogen and oxygen atoms in total. The van der Waals surface area contributed by atoms with E-state index in [9.17, 15) is 0 Å². The standard InChI is InChI=1S/C13H15Br/c1-2-8-5-6-11-9-3-4-10(7-9)12(11)13(8)14/h5-6,9-10H,2-4,7H2,1H3. The van der Waals surface area contributed by atoms with Gasteiger partial charge in [0.15, 0.2) is 0 Å². The molecule has 2 aliphatic rings. The van der Waals surface area contributed by atoms with Gasteiger partial charge in [0.25, 0.3) is 0 Å². The van der Waals surface area contributed by atoms with E-state index in [1.54, 1.807) is 11.1 Å². The van der Waals surface area contributed by atoms with Crippen LogP contribution in [0.2, 0.25) is 0 Å². The van der Waals surface area contributed by atoms with Crippen molar-refractivity contribution >= 4 is 15.9 Å². The lowest BCUT2D eigenvalue weighted by Crippen LogP contribution is -2.00. The van der Waals surface area contributed by atoms with Gasteiger partial charge in [0.05, 0.1) is 0 Å². The van der Waals surface area contributed by atoms with Gasteiger partial charge in [-0.05, 0) is 54.2 Å². The maximum atomic E-state index is 3.79. The van der Waals surface area contributed by atoms with E-state index in [0.717, 1.165) is 18.3 Å². The van der Waals surface area contributed by atoms with Crippen molar-refractivity contribution in [3.05, 3.63) is 33.3 Å². The largest absolute Gasteiger partial charge is 0.0613 e. The third kappa shape index (κ3) is 1.05. The van der Waals surface area contributed by atoms with Crippen molar-refractivity contribution in [2.24, 2.45) is 0 Å². The molecule has 14 heavy (non-hydrogen) atoms. The van der Waals surface area contributed by atoms with Crippen LogP contribution in [0.3, 0.4) is 0 Å². The fourth-order valence-electron chi connectivity index (χ4n) is 3.22.